The molecule has 0 unspecified atom stereocenters. The third-order valence-corrected chi connectivity index (χ3v) is 3.08. The van der Waals surface area contributed by atoms with Crippen LogP contribution in [0.25, 0.3) is 0 Å². The van der Waals surface area contributed by atoms with E-state index in [2.05, 4.69) is 9.72 Å². The normalized spacial score (nSPS) is 25.6. The molecule has 9 nitrogen and oxygen atoms in total. The second kappa shape index (κ2) is 5.57. The smallest absolute Gasteiger partial charge is 0.351 e. The average molecular weight is 285 g/mol. The first-order valence-corrected chi connectivity index (χ1v) is 5.89. The lowest BCUT2D eigenvalue weighted by Gasteiger charge is -2.15. The van der Waals surface area contributed by atoms with Crippen LogP contribution in [0.15, 0.2) is 11.0 Å². The Bertz CT molecular complexity index is 572. The Labute approximate surface area is 113 Å². The van der Waals surface area contributed by atoms with Crippen molar-refractivity contribution < 1.29 is 24.5 Å². The lowest BCUT2D eigenvalue weighted by atomic mass is 10.2. The second-order valence-electron chi connectivity index (χ2n) is 4.34. The number of nitrogens with zero attached hydrogens (tertiary/aromatic N) is 2. The highest BCUT2D eigenvalue weighted by Crippen LogP contribution is 2.27. The number of carbonyl (C=O) groups excluding carboxylic acids is 1. The standard InChI is InChI=1S/C11H15N3O6/c1-19-10(17)5-3-14(11(18)13-9(5)12)8-2-6(16)7(4-15)20-8/h3,6-8,15-16H,2,4H2,1H3,(H2,12,13,18)/t6-,7+,8-/m1/s1. The molecule has 20 heavy (non-hydrogen) atoms. The fourth-order valence-electron chi connectivity index (χ4n) is 2.01. The second-order valence-corrected chi connectivity index (χ2v) is 4.34. The summed E-state index contributed by atoms with van der Waals surface area (Å²) in [4.78, 5) is 26.8. The van der Waals surface area contributed by atoms with E-state index >= 15 is 0 Å². The van der Waals surface area contributed by atoms with E-state index in [4.69, 9.17) is 15.6 Å². The van der Waals surface area contributed by atoms with Crippen LogP contribution in [0.5, 0.6) is 0 Å². The monoisotopic (exact) mass is 285 g/mol. The van der Waals surface area contributed by atoms with E-state index in [0.29, 0.717) is 0 Å². The SMILES string of the molecule is COC(=O)c1cn([C@H]2C[C@@H](O)[C@H](CO)O2)c(=O)nc1N. The van der Waals surface area contributed by atoms with Crippen molar-refractivity contribution in [3.63, 3.8) is 0 Å². The van der Waals surface area contributed by atoms with E-state index in [9.17, 15) is 14.7 Å². The summed E-state index contributed by atoms with van der Waals surface area (Å²) in [5.41, 5.74) is 4.70. The van der Waals surface area contributed by atoms with Gasteiger partial charge >= 0.3 is 11.7 Å². The summed E-state index contributed by atoms with van der Waals surface area (Å²) < 4.78 is 10.9. The summed E-state index contributed by atoms with van der Waals surface area (Å²) in [6.07, 6.45) is -1.25. The number of anilines is 1. The van der Waals surface area contributed by atoms with Gasteiger partial charge in [-0.05, 0) is 0 Å². The molecule has 110 valence electrons. The largest absolute Gasteiger partial charge is 0.465 e. The minimum absolute atomic E-state index is 0.0716. The minimum atomic E-state index is -0.906. The van der Waals surface area contributed by atoms with Crippen molar-refractivity contribution >= 4 is 11.8 Å². The minimum Gasteiger partial charge on any atom is -0.465 e. The van der Waals surface area contributed by atoms with Crippen molar-refractivity contribution in [2.75, 3.05) is 19.5 Å². The summed E-state index contributed by atoms with van der Waals surface area (Å²) in [6.45, 7) is -0.376. The molecule has 2 rings (SSSR count). The Morgan fingerprint density at radius 2 is 2.40 bits per heavy atom. The average Bonchev–Trinajstić information content (AvgIpc) is 2.79. The molecule has 3 atom stereocenters. The van der Waals surface area contributed by atoms with Gasteiger partial charge in [0.2, 0.25) is 0 Å². The number of carbonyl (C=O) groups is 1. The topological polar surface area (TPSA) is 137 Å². The number of rotatable bonds is 3. The third kappa shape index (κ3) is 2.50. The van der Waals surface area contributed by atoms with Crippen molar-refractivity contribution in [2.24, 2.45) is 0 Å². The highest BCUT2D eigenvalue weighted by molar-refractivity contribution is 5.93. The van der Waals surface area contributed by atoms with Crippen LogP contribution in [0.4, 0.5) is 5.82 Å². The zero-order chi connectivity index (χ0) is 14.9. The lowest BCUT2D eigenvalue weighted by molar-refractivity contribution is -0.0459. The van der Waals surface area contributed by atoms with E-state index in [1.54, 1.807) is 0 Å². The highest BCUT2D eigenvalue weighted by atomic mass is 16.5. The summed E-state index contributed by atoms with van der Waals surface area (Å²) in [7, 11) is 1.18. The van der Waals surface area contributed by atoms with Gasteiger partial charge in [0.05, 0.1) is 19.8 Å². The zero-order valence-electron chi connectivity index (χ0n) is 10.7. The van der Waals surface area contributed by atoms with Gasteiger partial charge in [-0.3, -0.25) is 4.57 Å². The molecule has 2 heterocycles. The van der Waals surface area contributed by atoms with E-state index in [1.807, 2.05) is 0 Å². The molecule has 0 aromatic carbocycles. The van der Waals surface area contributed by atoms with Crippen molar-refractivity contribution in [3.8, 4) is 0 Å². The number of nitrogen functional groups attached to an aromatic ring is 1. The Hall–Kier alpha value is -1.97. The number of methoxy groups -OCH3 is 1. The van der Waals surface area contributed by atoms with E-state index in [0.717, 1.165) is 4.57 Å². The van der Waals surface area contributed by atoms with E-state index < -0.39 is 30.1 Å². The molecule has 9 heteroatoms. The van der Waals surface area contributed by atoms with Gasteiger partial charge in [-0.2, -0.15) is 4.98 Å². The summed E-state index contributed by atoms with van der Waals surface area (Å²) in [5.74, 6) is -0.976. The van der Waals surface area contributed by atoms with E-state index in [-0.39, 0.29) is 24.4 Å². The molecule has 0 saturated carbocycles. The zero-order valence-corrected chi connectivity index (χ0v) is 10.7. The van der Waals surface area contributed by atoms with Crippen LogP contribution in [0.1, 0.15) is 23.0 Å². The summed E-state index contributed by atoms with van der Waals surface area (Å²) in [6, 6.07) is 0. The number of aliphatic hydroxyl groups excluding tert-OH is 2. The fourth-order valence-corrected chi connectivity index (χ4v) is 2.01. The van der Waals surface area contributed by atoms with Gasteiger partial charge in [-0.25, -0.2) is 9.59 Å². The van der Waals surface area contributed by atoms with Crippen LogP contribution in [-0.2, 0) is 9.47 Å². The number of hydrogen-bond acceptors (Lipinski definition) is 8. The summed E-state index contributed by atoms with van der Waals surface area (Å²) in [5, 5.41) is 18.7. The molecule has 0 radical (unpaired) electrons. The molecule has 1 aromatic heterocycles. The van der Waals surface area contributed by atoms with Gasteiger partial charge < -0.3 is 25.4 Å². The Balaban J connectivity index is 2.38. The van der Waals surface area contributed by atoms with Crippen molar-refractivity contribution in [1.82, 2.24) is 9.55 Å². The van der Waals surface area contributed by atoms with Crippen molar-refractivity contribution in [2.45, 2.75) is 24.9 Å². The van der Waals surface area contributed by atoms with Crippen molar-refractivity contribution in [1.29, 1.82) is 0 Å². The molecule has 0 spiro atoms. The quantitative estimate of drug-likeness (QED) is 0.556. The number of aliphatic hydroxyl groups is 2. The Kier molecular flexibility index (Phi) is 4.02. The van der Waals surface area contributed by atoms with Crippen molar-refractivity contribution in [3.05, 3.63) is 22.2 Å². The van der Waals surface area contributed by atoms with Crippen LogP contribution >= 0.6 is 0 Å². The van der Waals surface area contributed by atoms with Gasteiger partial charge in [0, 0.05) is 12.6 Å². The molecular formula is C11H15N3O6. The first-order valence-electron chi connectivity index (χ1n) is 5.89. The molecular weight excluding hydrogens is 270 g/mol. The number of nitrogens with two attached hydrogens (primary N) is 1. The Morgan fingerprint density at radius 1 is 1.70 bits per heavy atom. The molecule has 1 fully saturated rings. The number of esters is 1. The predicted molar refractivity (Wildman–Crippen MR) is 65.9 cm³/mol. The molecule has 1 aromatic rings. The third-order valence-electron chi connectivity index (χ3n) is 3.08. The first-order chi connectivity index (χ1) is 9.47. The maximum atomic E-state index is 11.8. The van der Waals surface area contributed by atoms with Crippen LogP contribution in [0, 0.1) is 0 Å². The van der Waals surface area contributed by atoms with Gasteiger partial charge in [-0.15, -0.1) is 0 Å². The molecule has 0 aliphatic carbocycles. The van der Waals surface area contributed by atoms with E-state index in [1.165, 1.54) is 13.3 Å². The Morgan fingerprint density at radius 3 is 2.95 bits per heavy atom. The molecule has 0 amide bonds. The van der Waals surface area contributed by atoms with Crippen LogP contribution < -0.4 is 11.4 Å². The first kappa shape index (κ1) is 14.4. The molecule has 1 saturated heterocycles. The van der Waals surface area contributed by atoms with Gasteiger partial charge in [0.25, 0.3) is 0 Å². The highest BCUT2D eigenvalue weighted by Gasteiger charge is 2.35. The van der Waals surface area contributed by atoms with Crippen LogP contribution in [0.3, 0.4) is 0 Å². The molecule has 1 aliphatic rings. The molecule has 0 bridgehead atoms. The number of aromatic nitrogens is 2. The number of ether oxygens (including phenoxy) is 2. The summed E-state index contributed by atoms with van der Waals surface area (Å²) >= 11 is 0. The van der Waals surface area contributed by atoms with Gasteiger partial charge in [0.1, 0.15) is 23.7 Å². The van der Waals surface area contributed by atoms with Gasteiger partial charge in [0.15, 0.2) is 0 Å². The number of hydrogen-bond donors (Lipinski definition) is 3. The maximum Gasteiger partial charge on any atom is 0.351 e. The predicted octanol–water partition coefficient (Wildman–Crippen LogP) is -1.75. The van der Waals surface area contributed by atoms with Crippen LogP contribution in [0.2, 0.25) is 0 Å². The maximum absolute atomic E-state index is 11.8. The fraction of sp³-hybridized carbons (Fsp3) is 0.545. The van der Waals surface area contributed by atoms with Gasteiger partial charge in [-0.1, -0.05) is 0 Å². The lowest BCUT2D eigenvalue weighted by Crippen LogP contribution is -2.30. The van der Waals surface area contributed by atoms with Crippen LogP contribution in [-0.4, -0.2) is 51.7 Å². The molecule has 4 N–H and O–H groups in total. The molecule has 1 aliphatic heterocycles.